The summed E-state index contributed by atoms with van der Waals surface area (Å²) < 4.78 is 0. The van der Waals surface area contributed by atoms with E-state index >= 15 is 0 Å². The predicted octanol–water partition coefficient (Wildman–Crippen LogP) is 1.28. The lowest BCUT2D eigenvalue weighted by molar-refractivity contribution is -0.114. The molecule has 0 aliphatic rings. The minimum Gasteiger partial charge on any atom is -0.370 e. The van der Waals surface area contributed by atoms with E-state index in [1.165, 1.54) is 0 Å². The summed E-state index contributed by atoms with van der Waals surface area (Å²) in [5.41, 5.74) is 12.7. The van der Waals surface area contributed by atoms with Crippen molar-refractivity contribution in [3.05, 3.63) is 41.5 Å². The first kappa shape index (κ1) is 12.0. The van der Waals surface area contributed by atoms with Crippen molar-refractivity contribution in [2.45, 2.75) is 13.8 Å². The maximum absolute atomic E-state index is 11.6. The molecule has 0 bridgehead atoms. The van der Waals surface area contributed by atoms with E-state index in [4.69, 9.17) is 11.5 Å². The van der Waals surface area contributed by atoms with E-state index in [0.29, 0.717) is 5.57 Å². The molecule has 1 aromatic rings. The van der Waals surface area contributed by atoms with Gasteiger partial charge >= 0.3 is 0 Å². The number of allylic oxidation sites excluding steroid dienone is 1. The molecule has 4 nitrogen and oxygen atoms in total. The van der Waals surface area contributed by atoms with E-state index in [1.807, 2.05) is 37.3 Å². The smallest absolute Gasteiger partial charge is 0.276 e. The van der Waals surface area contributed by atoms with Crippen molar-refractivity contribution < 1.29 is 4.79 Å². The Morgan fingerprint density at radius 3 is 2.19 bits per heavy atom. The second-order valence-electron chi connectivity index (χ2n) is 3.46. The lowest BCUT2D eigenvalue weighted by Crippen LogP contribution is -2.24. The zero-order valence-electron chi connectivity index (χ0n) is 9.40. The van der Waals surface area contributed by atoms with Crippen molar-refractivity contribution in [1.29, 1.82) is 0 Å². The van der Waals surface area contributed by atoms with Gasteiger partial charge in [0.25, 0.3) is 5.91 Å². The third kappa shape index (κ3) is 2.95. The van der Waals surface area contributed by atoms with Crippen LogP contribution in [0, 0.1) is 0 Å². The number of guanidine groups is 1. The second kappa shape index (κ2) is 5.11. The normalized spacial score (nSPS) is 11.6. The molecule has 0 spiro atoms. The molecule has 0 atom stereocenters. The van der Waals surface area contributed by atoms with E-state index < -0.39 is 5.91 Å². The van der Waals surface area contributed by atoms with Crippen LogP contribution in [0.1, 0.15) is 19.4 Å². The summed E-state index contributed by atoms with van der Waals surface area (Å²) >= 11 is 0. The van der Waals surface area contributed by atoms with Crippen LogP contribution >= 0.6 is 0 Å². The van der Waals surface area contributed by atoms with Crippen LogP contribution in [-0.4, -0.2) is 11.9 Å². The Morgan fingerprint density at radius 1 is 1.12 bits per heavy atom. The van der Waals surface area contributed by atoms with Crippen LogP contribution < -0.4 is 11.5 Å². The average molecular weight is 217 g/mol. The number of nitrogens with zero attached hydrogens (tertiary/aromatic N) is 1. The van der Waals surface area contributed by atoms with Crippen LogP contribution in [0.5, 0.6) is 0 Å². The lowest BCUT2D eigenvalue weighted by Gasteiger charge is -2.04. The van der Waals surface area contributed by atoms with Gasteiger partial charge in [-0.1, -0.05) is 30.3 Å². The molecule has 0 heterocycles. The molecule has 0 saturated carbocycles. The third-order valence-electron chi connectivity index (χ3n) is 2.32. The number of carbonyl (C=O) groups is 1. The fourth-order valence-electron chi connectivity index (χ4n) is 1.27. The molecule has 1 rings (SSSR count). The van der Waals surface area contributed by atoms with Gasteiger partial charge in [-0.05, 0) is 25.0 Å². The van der Waals surface area contributed by atoms with Crippen molar-refractivity contribution in [2.24, 2.45) is 16.5 Å². The molecule has 84 valence electrons. The zero-order valence-corrected chi connectivity index (χ0v) is 9.40. The van der Waals surface area contributed by atoms with Crippen molar-refractivity contribution in [3.63, 3.8) is 0 Å². The quantitative estimate of drug-likeness (QED) is 0.445. The molecule has 0 aromatic heterocycles. The molecule has 0 saturated heterocycles. The first-order valence-corrected chi connectivity index (χ1v) is 4.89. The number of hydrogen-bond acceptors (Lipinski definition) is 1. The van der Waals surface area contributed by atoms with Crippen LogP contribution in [-0.2, 0) is 4.79 Å². The molecule has 1 amide bonds. The molecule has 0 radical (unpaired) electrons. The number of nitrogens with two attached hydrogens (primary N) is 2. The molecule has 0 aliphatic carbocycles. The molecular formula is C12H15N3O. The van der Waals surface area contributed by atoms with E-state index in [0.717, 1.165) is 11.1 Å². The highest BCUT2D eigenvalue weighted by Crippen LogP contribution is 2.18. The molecule has 1 aromatic carbocycles. The Bertz CT molecular complexity index is 443. The van der Waals surface area contributed by atoms with Gasteiger partial charge in [-0.15, -0.1) is 0 Å². The molecule has 0 fully saturated rings. The number of aliphatic imine (C=N–C) groups is 1. The second-order valence-corrected chi connectivity index (χ2v) is 3.46. The van der Waals surface area contributed by atoms with Gasteiger partial charge in [0.15, 0.2) is 5.96 Å². The molecule has 4 N–H and O–H groups in total. The summed E-state index contributed by atoms with van der Waals surface area (Å²) in [6, 6.07) is 9.61. The minimum atomic E-state index is -0.402. The summed E-state index contributed by atoms with van der Waals surface area (Å²) in [6.07, 6.45) is 0. The Morgan fingerprint density at radius 2 is 1.69 bits per heavy atom. The van der Waals surface area contributed by atoms with Crippen LogP contribution in [0.2, 0.25) is 0 Å². The summed E-state index contributed by atoms with van der Waals surface area (Å²) in [5, 5.41) is 0. The minimum absolute atomic E-state index is 0.217. The van der Waals surface area contributed by atoms with E-state index in [9.17, 15) is 4.79 Å². The highest BCUT2D eigenvalue weighted by Gasteiger charge is 2.08. The van der Waals surface area contributed by atoms with Crippen LogP contribution in [0.15, 0.2) is 40.9 Å². The molecule has 0 aliphatic heterocycles. The first-order chi connectivity index (χ1) is 7.52. The van der Waals surface area contributed by atoms with Gasteiger partial charge < -0.3 is 11.5 Å². The van der Waals surface area contributed by atoms with Crippen LogP contribution in [0.4, 0.5) is 0 Å². The number of carbonyl (C=O) groups excluding carboxylic acids is 1. The topological polar surface area (TPSA) is 81.5 Å². The van der Waals surface area contributed by atoms with Gasteiger partial charge in [-0.25, -0.2) is 0 Å². The maximum Gasteiger partial charge on any atom is 0.276 e. The lowest BCUT2D eigenvalue weighted by atomic mass is 10.0. The van der Waals surface area contributed by atoms with Crippen LogP contribution in [0.25, 0.3) is 5.57 Å². The standard InChI is InChI=1S/C12H15N3O/c1-8(10-6-4-3-5-7-10)9(2)11(16)15-12(13)14/h3-7H,1-2H3,(H4,13,14,15,16)/b9-8-. The van der Waals surface area contributed by atoms with Crippen LogP contribution in [0.3, 0.4) is 0 Å². The van der Waals surface area contributed by atoms with Gasteiger partial charge in [-0.2, -0.15) is 4.99 Å². The third-order valence-corrected chi connectivity index (χ3v) is 2.32. The number of rotatable bonds is 2. The van der Waals surface area contributed by atoms with Crippen molar-refractivity contribution in [1.82, 2.24) is 0 Å². The summed E-state index contributed by atoms with van der Waals surface area (Å²) in [5.74, 6) is -0.619. The maximum atomic E-state index is 11.6. The van der Waals surface area contributed by atoms with E-state index in [1.54, 1.807) is 6.92 Å². The van der Waals surface area contributed by atoms with Gasteiger partial charge in [0.05, 0.1) is 0 Å². The zero-order chi connectivity index (χ0) is 12.1. The number of hydrogen-bond donors (Lipinski definition) is 2. The average Bonchev–Trinajstić information content (AvgIpc) is 2.27. The molecule has 16 heavy (non-hydrogen) atoms. The Balaban J connectivity index is 3.06. The van der Waals surface area contributed by atoms with Gasteiger partial charge in [-0.3, -0.25) is 4.79 Å². The van der Waals surface area contributed by atoms with E-state index in [2.05, 4.69) is 4.99 Å². The van der Waals surface area contributed by atoms with Crippen molar-refractivity contribution in [2.75, 3.05) is 0 Å². The Hall–Kier alpha value is -2.10. The van der Waals surface area contributed by atoms with Gasteiger partial charge in [0, 0.05) is 5.57 Å². The fraction of sp³-hybridized carbons (Fsp3) is 0.167. The molecule has 0 unspecified atom stereocenters. The first-order valence-electron chi connectivity index (χ1n) is 4.89. The highest BCUT2D eigenvalue weighted by atomic mass is 16.1. The van der Waals surface area contributed by atoms with Crippen molar-refractivity contribution in [3.8, 4) is 0 Å². The monoisotopic (exact) mass is 217 g/mol. The molecular weight excluding hydrogens is 202 g/mol. The highest BCUT2D eigenvalue weighted by molar-refractivity contribution is 6.05. The number of benzene rings is 1. The Kier molecular flexibility index (Phi) is 3.83. The molecule has 4 heteroatoms. The summed E-state index contributed by atoms with van der Waals surface area (Å²) in [6.45, 7) is 3.57. The fourth-order valence-corrected chi connectivity index (χ4v) is 1.27. The van der Waals surface area contributed by atoms with E-state index in [-0.39, 0.29) is 5.96 Å². The van der Waals surface area contributed by atoms with Gasteiger partial charge in [0.1, 0.15) is 0 Å². The van der Waals surface area contributed by atoms with Crippen molar-refractivity contribution >= 4 is 17.4 Å². The predicted molar refractivity (Wildman–Crippen MR) is 65.5 cm³/mol. The summed E-state index contributed by atoms with van der Waals surface area (Å²) in [7, 11) is 0. The summed E-state index contributed by atoms with van der Waals surface area (Å²) in [4.78, 5) is 15.1. The largest absolute Gasteiger partial charge is 0.370 e. The number of amides is 1. The van der Waals surface area contributed by atoms with Gasteiger partial charge in [0.2, 0.25) is 0 Å². The SMILES string of the molecule is C/C(C(=O)N=C(N)N)=C(\C)c1ccccc1. The Labute approximate surface area is 94.7 Å².